The van der Waals surface area contributed by atoms with E-state index >= 15 is 0 Å². The summed E-state index contributed by atoms with van der Waals surface area (Å²) in [4.78, 5) is 17.5. The molecule has 5 aromatic rings. The maximum atomic E-state index is 13.8. The fourth-order valence-electron chi connectivity index (χ4n) is 3.35. The molecule has 0 atom stereocenters. The van der Waals surface area contributed by atoms with Crippen molar-refractivity contribution in [2.45, 2.75) is 12.7 Å². The molecular weight excluding hydrogens is 472 g/mol. The number of alkyl halides is 3. The minimum atomic E-state index is -4.71. The SMILES string of the molecule is O=C(Nc1cnn(Cc2ccccc2F)c1)c1cc2nc(-c3cccs3)cc(C(F)(F)F)n2n1. The third kappa shape index (κ3) is 4.27. The van der Waals surface area contributed by atoms with Crippen molar-refractivity contribution >= 4 is 28.6 Å². The van der Waals surface area contributed by atoms with Gasteiger partial charge >= 0.3 is 6.18 Å². The first kappa shape index (κ1) is 21.8. The van der Waals surface area contributed by atoms with Crippen LogP contribution in [0, 0.1) is 5.82 Å². The van der Waals surface area contributed by atoms with Gasteiger partial charge in [-0.15, -0.1) is 11.3 Å². The molecule has 7 nitrogen and oxygen atoms in total. The first-order valence-corrected chi connectivity index (χ1v) is 10.7. The highest BCUT2D eigenvalue weighted by Crippen LogP contribution is 2.33. The molecule has 0 saturated heterocycles. The Morgan fingerprint density at radius 3 is 2.68 bits per heavy atom. The number of nitrogens with one attached hydrogen (secondary N) is 1. The number of carbonyl (C=O) groups excluding carboxylic acids is 1. The lowest BCUT2D eigenvalue weighted by atomic mass is 10.2. The average molecular weight is 486 g/mol. The van der Waals surface area contributed by atoms with Crippen LogP contribution in [0.15, 0.2) is 66.3 Å². The van der Waals surface area contributed by atoms with Gasteiger partial charge in [-0.2, -0.15) is 23.4 Å². The van der Waals surface area contributed by atoms with Crippen molar-refractivity contribution < 1.29 is 22.4 Å². The number of hydrogen-bond donors (Lipinski definition) is 1. The Morgan fingerprint density at radius 2 is 1.94 bits per heavy atom. The van der Waals surface area contributed by atoms with Crippen LogP contribution in [0.4, 0.5) is 23.2 Å². The van der Waals surface area contributed by atoms with Gasteiger partial charge < -0.3 is 5.32 Å². The zero-order chi connectivity index (χ0) is 23.9. The normalized spacial score (nSPS) is 11.8. The minimum absolute atomic E-state index is 0.112. The van der Waals surface area contributed by atoms with E-state index in [-0.39, 0.29) is 35.1 Å². The molecule has 5 rings (SSSR count). The molecule has 4 heterocycles. The van der Waals surface area contributed by atoms with E-state index in [4.69, 9.17) is 0 Å². The van der Waals surface area contributed by atoms with E-state index in [2.05, 4.69) is 20.5 Å². The summed E-state index contributed by atoms with van der Waals surface area (Å²) in [6.07, 6.45) is -1.88. The molecule has 0 aliphatic heterocycles. The Hall–Kier alpha value is -4.06. The number of nitrogens with zero attached hydrogens (tertiary/aromatic N) is 5. The van der Waals surface area contributed by atoms with Crippen LogP contribution in [-0.4, -0.2) is 30.3 Å². The second-order valence-corrected chi connectivity index (χ2v) is 8.22. The molecule has 0 unspecified atom stereocenters. The van der Waals surface area contributed by atoms with E-state index in [1.54, 1.807) is 35.7 Å². The summed E-state index contributed by atoms with van der Waals surface area (Å²) < 4.78 is 56.9. The zero-order valence-electron chi connectivity index (χ0n) is 17.1. The maximum Gasteiger partial charge on any atom is 0.433 e. The van der Waals surface area contributed by atoms with Crippen LogP contribution in [0.5, 0.6) is 0 Å². The van der Waals surface area contributed by atoms with E-state index in [1.165, 1.54) is 40.5 Å². The number of amides is 1. The highest BCUT2D eigenvalue weighted by Gasteiger charge is 2.35. The number of rotatable bonds is 5. The Labute approximate surface area is 193 Å². The van der Waals surface area contributed by atoms with Crippen molar-refractivity contribution in [2.75, 3.05) is 5.32 Å². The smallest absolute Gasteiger partial charge is 0.318 e. The third-order valence-electron chi connectivity index (χ3n) is 4.91. The molecule has 0 saturated carbocycles. The third-order valence-corrected chi connectivity index (χ3v) is 5.80. The molecule has 1 amide bonds. The Bertz CT molecular complexity index is 1490. The van der Waals surface area contributed by atoms with Crippen LogP contribution in [0.1, 0.15) is 21.7 Å². The Kier molecular flexibility index (Phi) is 5.36. The molecule has 0 aliphatic carbocycles. The largest absolute Gasteiger partial charge is 0.433 e. The molecule has 0 radical (unpaired) electrons. The van der Waals surface area contributed by atoms with Crippen LogP contribution >= 0.6 is 11.3 Å². The van der Waals surface area contributed by atoms with Crippen LogP contribution in [0.2, 0.25) is 0 Å². The van der Waals surface area contributed by atoms with Crippen LogP contribution < -0.4 is 5.32 Å². The molecule has 4 aromatic heterocycles. The lowest BCUT2D eigenvalue weighted by Gasteiger charge is -2.10. The highest BCUT2D eigenvalue weighted by atomic mass is 32.1. The number of hydrogen-bond acceptors (Lipinski definition) is 5. The molecule has 0 aliphatic rings. The van der Waals surface area contributed by atoms with Gasteiger partial charge in [0.25, 0.3) is 5.91 Å². The molecule has 172 valence electrons. The van der Waals surface area contributed by atoms with Gasteiger partial charge in [-0.25, -0.2) is 13.9 Å². The van der Waals surface area contributed by atoms with Crippen LogP contribution in [0.25, 0.3) is 16.2 Å². The molecule has 1 N–H and O–H groups in total. The molecule has 1 aromatic carbocycles. The molecule has 34 heavy (non-hydrogen) atoms. The molecule has 12 heteroatoms. The van der Waals surface area contributed by atoms with Gasteiger partial charge in [0.1, 0.15) is 5.82 Å². The summed E-state index contributed by atoms with van der Waals surface area (Å²) in [5.74, 6) is -1.12. The average Bonchev–Trinajstić information content (AvgIpc) is 3.54. The van der Waals surface area contributed by atoms with Crippen molar-refractivity contribution in [1.82, 2.24) is 24.4 Å². The maximum absolute atomic E-state index is 13.8. The van der Waals surface area contributed by atoms with E-state index in [9.17, 15) is 22.4 Å². The summed E-state index contributed by atoms with van der Waals surface area (Å²) >= 11 is 1.25. The Morgan fingerprint density at radius 1 is 1.12 bits per heavy atom. The van der Waals surface area contributed by atoms with E-state index < -0.39 is 17.8 Å². The zero-order valence-corrected chi connectivity index (χ0v) is 17.9. The number of aromatic nitrogens is 5. The first-order chi connectivity index (χ1) is 16.3. The number of carbonyl (C=O) groups is 1. The number of benzene rings is 1. The van der Waals surface area contributed by atoms with Crippen molar-refractivity contribution in [1.29, 1.82) is 0 Å². The number of thiophene rings is 1. The fourth-order valence-corrected chi connectivity index (χ4v) is 4.03. The van der Waals surface area contributed by atoms with Crippen molar-refractivity contribution in [3.63, 3.8) is 0 Å². The molecule has 0 spiro atoms. The lowest BCUT2D eigenvalue weighted by Crippen LogP contribution is -2.15. The number of anilines is 1. The van der Waals surface area contributed by atoms with E-state index in [0.717, 1.165) is 6.07 Å². The van der Waals surface area contributed by atoms with Gasteiger partial charge in [-0.1, -0.05) is 24.3 Å². The standard InChI is InChI=1S/C22H14F4N6OS/c23-15-5-2-1-4-13(15)11-31-12-14(10-27-31)28-21(33)17-9-20-29-16(18-6-3-7-34-18)8-19(22(24,25)26)32(20)30-17/h1-10,12H,11H2,(H,28,33). The van der Waals surface area contributed by atoms with Crippen molar-refractivity contribution in [3.05, 3.63) is 89.1 Å². The fraction of sp³-hybridized carbons (Fsp3) is 0.0909. The quantitative estimate of drug-likeness (QED) is 0.350. The Balaban J connectivity index is 1.42. The molecule has 0 bridgehead atoms. The van der Waals surface area contributed by atoms with Gasteiger partial charge in [0.15, 0.2) is 17.0 Å². The highest BCUT2D eigenvalue weighted by molar-refractivity contribution is 7.13. The molecule has 0 fully saturated rings. The summed E-state index contributed by atoms with van der Waals surface area (Å²) in [7, 11) is 0. The van der Waals surface area contributed by atoms with E-state index in [0.29, 0.717) is 15.0 Å². The summed E-state index contributed by atoms with van der Waals surface area (Å²) in [5.41, 5.74) is -0.576. The van der Waals surface area contributed by atoms with Gasteiger partial charge in [-0.3, -0.25) is 9.48 Å². The van der Waals surface area contributed by atoms with Crippen molar-refractivity contribution in [2.24, 2.45) is 0 Å². The minimum Gasteiger partial charge on any atom is -0.318 e. The van der Waals surface area contributed by atoms with Gasteiger partial charge in [0, 0.05) is 17.8 Å². The van der Waals surface area contributed by atoms with Crippen LogP contribution in [-0.2, 0) is 12.7 Å². The van der Waals surface area contributed by atoms with Crippen LogP contribution in [0.3, 0.4) is 0 Å². The van der Waals surface area contributed by atoms with Gasteiger partial charge in [0.05, 0.1) is 29.0 Å². The topological polar surface area (TPSA) is 77.1 Å². The number of halogens is 4. The number of fused-ring (bicyclic) bond motifs is 1. The van der Waals surface area contributed by atoms with Gasteiger partial charge in [-0.05, 0) is 23.6 Å². The summed E-state index contributed by atoms with van der Waals surface area (Å²) in [6, 6.07) is 11.7. The summed E-state index contributed by atoms with van der Waals surface area (Å²) in [6.45, 7) is 0.140. The molecular formula is C22H14F4N6OS. The van der Waals surface area contributed by atoms with Gasteiger partial charge in [0.2, 0.25) is 0 Å². The summed E-state index contributed by atoms with van der Waals surface area (Å²) in [5, 5.41) is 12.2. The van der Waals surface area contributed by atoms with E-state index in [1.807, 2.05) is 0 Å². The van der Waals surface area contributed by atoms with Crippen molar-refractivity contribution in [3.8, 4) is 10.6 Å². The first-order valence-electron chi connectivity index (χ1n) is 9.87. The lowest BCUT2D eigenvalue weighted by molar-refractivity contribution is -0.142. The predicted octanol–water partition coefficient (Wildman–Crippen LogP) is 5.11. The second-order valence-electron chi connectivity index (χ2n) is 7.27. The predicted molar refractivity (Wildman–Crippen MR) is 117 cm³/mol. The monoisotopic (exact) mass is 486 g/mol. The second kappa shape index (κ2) is 8.37.